The Hall–Kier alpha value is -3.44. The zero-order valence-electron chi connectivity index (χ0n) is 18.4. The number of anilines is 1. The quantitative estimate of drug-likeness (QED) is 0.645. The van der Waals surface area contributed by atoms with E-state index in [9.17, 15) is 9.59 Å². The maximum absolute atomic E-state index is 13.3. The number of hydrogen-bond donors (Lipinski definition) is 1. The first-order chi connectivity index (χ1) is 15.6. The van der Waals surface area contributed by atoms with Gasteiger partial charge in [-0.25, -0.2) is 0 Å². The first-order valence-electron chi connectivity index (χ1n) is 11.1. The zero-order chi connectivity index (χ0) is 22.3. The molecule has 32 heavy (non-hydrogen) atoms. The van der Waals surface area contributed by atoms with Gasteiger partial charge in [0, 0.05) is 31.9 Å². The van der Waals surface area contributed by atoms with Gasteiger partial charge in [-0.05, 0) is 35.7 Å². The Kier molecular flexibility index (Phi) is 6.97. The van der Waals surface area contributed by atoms with E-state index in [1.807, 2.05) is 96.8 Å². The number of nitrogens with one attached hydrogen (secondary N) is 1. The van der Waals surface area contributed by atoms with Crippen LogP contribution in [0.5, 0.6) is 0 Å². The number of aryl methyl sites for hydroxylation is 1. The topological polar surface area (TPSA) is 52.7 Å². The molecule has 1 atom stereocenters. The molecule has 0 saturated carbocycles. The lowest BCUT2D eigenvalue weighted by atomic mass is 10.0. The van der Waals surface area contributed by atoms with Crippen LogP contribution in [0.2, 0.25) is 0 Å². The molecule has 3 aromatic rings. The van der Waals surface area contributed by atoms with E-state index in [1.54, 1.807) is 0 Å². The lowest BCUT2D eigenvalue weighted by Gasteiger charge is -2.39. The van der Waals surface area contributed by atoms with Crippen LogP contribution >= 0.6 is 0 Å². The smallest absolute Gasteiger partial charge is 0.246 e. The summed E-state index contributed by atoms with van der Waals surface area (Å²) in [5.41, 5.74) is 3.96. The summed E-state index contributed by atoms with van der Waals surface area (Å²) in [6.07, 6.45) is 0.420. The fourth-order valence-corrected chi connectivity index (χ4v) is 4.21. The standard InChI is InChI=1S/C27H29N3O2/c1-21-10-8-9-13-23(21)20-25(31)29-16-18-30(19-17-29)26(22-11-4-2-5-12-22)27(32)28-24-14-6-3-7-15-24/h2-15,26H,16-20H2,1H3,(H,28,32). The minimum Gasteiger partial charge on any atom is -0.340 e. The first kappa shape index (κ1) is 21.8. The minimum atomic E-state index is -0.398. The van der Waals surface area contributed by atoms with E-state index in [4.69, 9.17) is 0 Å². The number of rotatable bonds is 6. The number of carbonyl (C=O) groups excluding carboxylic acids is 2. The summed E-state index contributed by atoms with van der Waals surface area (Å²) in [5, 5.41) is 3.05. The monoisotopic (exact) mass is 427 g/mol. The minimum absolute atomic E-state index is 0.0536. The van der Waals surface area contributed by atoms with Crippen LogP contribution in [0.25, 0.3) is 0 Å². The van der Waals surface area contributed by atoms with Gasteiger partial charge < -0.3 is 10.2 Å². The van der Waals surface area contributed by atoms with E-state index in [0.717, 1.165) is 22.4 Å². The van der Waals surface area contributed by atoms with E-state index in [1.165, 1.54) is 0 Å². The third-order valence-corrected chi connectivity index (χ3v) is 6.04. The second-order valence-corrected chi connectivity index (χ2v) is 8.19. The molecule has 1 saturated heterocycles. The van der Waals surface area contributed by atoms with Gasteiger partial charge in [-0.1, -0.05) is 72.8 Å². The fourth-order valence-electron chi connectivity index (χ4n) is 4.21. The maximum atomic E-state index is 13.3. The molecule has 4 rings (SSSR count). The molecule has 1 aliphatic rings. The Labute approximate surface area is 189 Å². The van der Waals surface area contributed by atoms with Crippen LogP contribution in [0.3, 0.4) is 0 Å². The van der Waals surface area contributed by atoms with Gasteiger partial charge in [-0.15, -0.1) is 0 Å². The molecular weight excluding hydrogens is 398 g/mol. The number of hydrogen-bond acceptors (Lipinski definition) is 3. The highest BCUT2D eigenvalue weighted by Crippen LogP contribution is 2.24. The molecule has 164 valence electrons. The summed E-state index contributed by atoms with van der Waals surface area (Å²) in [6, 6.07) is 27.0. The number of para-hydroxylation sites is 1. The Morgan fingerprint density at radius 1 is 0.812 bits per heavy atom. The summed E-state index contributed by atoms with van der Waals surface area (Å²) < 4.78 is 0. The van der Waals surface area contributed by atoms with E-state index < -0.39 is 6.04 Å². The van der Waals surface area contributed by atoms with Crippen molar-refractivity contribution in [3.05, 3.63) is 102 Å². The van der Waals surface area contributed by atoms with Crippen molar-refractivity contribution in [1.82, 2.24) is 9.80 Å². The van der Waals surface area contributed by atoms with Gasteiger partial charge in [0.2, 0.25) is 11.8 Å². The summed E-state index contributed by atoms with van der Waals surface area (Å²) >= 11 is 0. The normalized spacial score (nSPS) is 15.2. The molecule has 1 N–H and O–H groups in total. The Morgan fingerprint density at radius 3 is 2.06 bits per heavy atom. The predicted octanol–water partition coefficient (Wildman–Crippen LogP) is 4.06. The van der Waals surface area contributed by atoms with Crippen LogP contribution < -0.4 is 5.32 Å². The fraction of sp³-hybridized carbons (Fsp3) is 0.259. The van der Waals surface area contributed by atoms with Crippen molar-refractivity contribution in [3.63, 3.8) is 0 Å². The SMILES string of the molecule is Cc1ccccc1CC(=O)N1CCN(C(C(=O)Nc2ccccc2)c2ccccc2)CC1. The van der Waals surface area contributed by atoms with Gasteiger partial charge in [0.15, 0.2) is 0 Å². The van der Waals surface area contributed by atoms with E-state index >= 15 is 0 Å². The highest BCUT2D eigenvalue weighted by atomic mass is 16.2. The van der Waals surface area contributed by atoms with Crippen molar-refractivity contribution in [1.29, 1.82) is 0 Å². The Morgan fingerprint density at radius 2 is 1.41 bits per heavy atom. The largest absolute Gasteiger partial charge is 0.340 e. The van der Waals surface area contributed by atoms with E-state index in [2.05, 4.69) is 10.2 Å². The lowest BCUT2D eigenvalue weighted by molar-refractivity contribution is -0.133. The molecule has 1 unspecified atom stereocenters. The highest BCUT2D eigenvalue weighted by molar-refractivity contribution is 5.95. The molecular formula is C27H29N3O2. The summed E-state index contributed by atoms with van der Waals surface area (Å²) in [6.45, 7) is 4.58. The molecule has 2 amide bonds. The number of nitrogens with zero attached hydrogens (tertiary/aromatic N) is 2. The van der Waals surface area contributed by atoms with Crippen molar-refractivity contribution >= 4 is 17.5 Å². The van der Waals surface area contributed by atoms with Gasteiger partial charge in [-0.2, -0.15) is 0 Å². The second-order valence-electron chi connectivity index (χ2n) is 8.19. The molecule has 0 spiro atoms. The molecule has 0 radical (unpaired) electrons. The van der Waals surface area contributed by atoms with Crippen molar-refractivity contribution < 1.29 is 9.59 Å². The summed E-state index contributed by atoms with van der Waals surface area (Å²) in [7, 11) is 0. The van der Waals surface area contributed by atoms with E-state index in [-0.39, 0.29) is 11.8 Å². The molecule has 1 heterocycles. The van der Waals surface area contributed by atoms with Crippen LogP contribution in [-0.4, -0.2) is 47.8 Å². The number of amides is 2. The first-order valence-corrected chi connectivity index (χ1v) is 11.1. The predicted molar refractivity (Wildman–Crippen MR) is 127 cm³/mol. The average molecular weight is 428 g/mol. The molecule has 1 fully saturated rings. The van der Waals surface area contributed by atoms with Crippen molar-refractivity contribution in [3.8, 4) is 0 Å². The Balaban J connectivity index is 1.44. The van der Waals surface area contributed by atoms with Gasteiger partial charge in [0.1, 0.15) is 6.04 Å². The molecule has 3 aromatic carbocycles. The highest BCUT2D eigenvalue weighted by Gasteiger charge is 2.31. The number of piperazine rings is 1. The van der Waals surface area contributed by atoms with E-state index in [0.29, 0.717) is 32.6 Å². The lowest BCUT2D eigenvalue weighted by Crippen LogP contribution is -2.52. The Bertz CT molecular complexity index is 1040. The number of carbonyl (C=O) groups is 2. The van der Waals surface area contributed by atoms with Crippen LogP contribution in [0.15, 0.2) is 84.9 Å². The van der Waals surface area contributed by atoms with Gasteiger partial charge in [0.05, 0.1) is 6.42 Å². The van der Waals surface area contributed by atoms with Crippen molar-refractivity contribution in [2.24, 2.45) is 0 Å². The van der Waals surface area contributed by atoms with Crippen molar-refractivity contribution in [2.45, 2.75) is 19.4 Å². The molecule has 0 aliphatic carbocycles. The summed E-state index contributed by atoms with van der Waals surface area (Å²) in [4.78, 5) is 30.2. The third-order valence-electron chi connectivity index (χ3n) is 6.04. The second kappa shape index (κ2) is 10.2. The molecule has 1 aliphatic heterocycles. The third kappa shape index (κ3) is 5.24. The molecule has 0 bridgehead atoms. The van der Waals surface area contributed by atoms with Crippen LogP contribution in [0, 0.1) is 6.92 Å². The average Bonchev–Trinajstić information content (AvgIpc) is 2.82. The number of benzene rings is 3. The van der Waals surface area contributed by atoms with Gasteiger partial charge in [-0.3, -0.25) is 14.5 Å². The zero-order valence-corrected chi connectivity index (χ0v) is 18.4. The molecule has 5 heteroatoms. The van der Waals surface area contributed by atoms with Gasteiger partial charge >= 0.3 is 0 Å². The molecule has 5 nitrogen and oxygen atoms in total. The van der Waals surface area contributed by atoms with Crippen LogP contribution in [-0.2, 0) is 16.0 Å². The molecule has 0 aromatic heterocycles. The van der Waals surface area contributed by atoms with Gasteiger partial charge in [0.25, 0.3) is 0 Å². The van der Waals surface area contributed by atoms with Crippen LogP contribution in [0.1, 0.15) is 22.7 Å². The van der Waals surface area contributed by atoms with Crippen molar-refractivity contribution in [2.75, 3.05) is 31.5 Å². The summed E-state index contributed by atoms with van der Waals surface area (Å²) in [5.74, 6) is 0.0889. The maximum Gasteiger partial charge on any atom is 0.246 e. The van der Waals surface area contributed by atoms with Crippen LogP contribution in [0.4, 0.5) is 5.69 Å².